The molecule has 0 aliphatic rings. The van der Waals surface area contributed by atoms with Crippen molar-refractivity contribution in [1.29, 1.82) is 0 Å². The minimum atomic E-state index is -4.07. The number of hydrogen-bond acceptors (Lipinski definition) is 7. The topological polar surface area (TPSA) is 106 Å². The normalized spacial score (nSPS) is 12.4. The maximum Gasteiger partial charge on any atom is 0.322 e. The number of thiazole rings is 1. The first-order valence-electron chi connectivity index (χ1n) is 14.4. The number of aryl methyl sites for hydroxylation is 1. The van der Waals surface area contributed by atoms with Gasteiger partial charge in [0.1, 0.15) is 11.8 Å². The monoisotopic (exact) mass is 626 g/mol. The van der Waals surface area contributed by atoms with Crippen molar-refractivity contribution in [3.8, 4) is 5.75 Å². The smallest absolute Gasteiger partial charge is 0.322 e. The number of unbranched alkanes of at least 4 members (excludes halogenated alkanes) is 4. The molecule has 1 atom stereocenters. The number of aliphatic carboxylic acids is 1. The SMILES string of the molecule is CCCCCCCSc1nc2ccc(S(=O)(=O)N[C@H](Cc3ccc(OCCCc4ccccc4)cc3)C(=O)O)cc2s1. The Morgan fingerprint density at radius 2 is 1.74 bits per heavy atom. The number of carboxylic acids is 1. The molecule has 0 saturated heterocycles. The van der Waals surface area contributed by atoms with E-state index in [2.05, 4.69) is 28.8 Å². The quantitative estimate of drug-likeness (QED) is 0.0879. The van der Waals surface area contributed by atoms with Crippen molar-refractivity contribution in [1.82, 2.24) is 9.71 Å². The fourth-order valence-corrected chi connectivity index (χ4v) is 7.95. The third-order valence-electron chi connectivity index (χ3n) is 6.80. The first kappa shape index (κ1) is 32.0. The summed E-state index contributed by atoms with van der Waals surface area (Å²) in [5.41, 5.74) is 2.69. The van der Waals surface area contributed by atoms with Crippen LogP contribution in [-0.2, 0) is 27.7 Å². The van der Waals surface area contributed by atoms with Crippen LogP contribution in [0.3, 0.4) is 0 Å². The van der Waals surface area contributed by atoms with Gasteiger partial charge in [0.2, 0.25) is 10.0 Å². The molecule has 7 nitrogen and oxygen atoms in total. The molecule has 0 aliphatic carbocycles. The Hall–Kier alpha value is -2.92. The van der Waals surface area contributed by atoms with E-state index in [0.29, 0.717) is 17.9 Å². The highest BCUT2D eigenvalue weighted by Crippen LogP contribution is 2.32. The third kappa shape index (κ3) is 9.83. The Balaban J connectivity index is 1.31. The molecule has 0 amide bonds. The summed E-state index contributed by atoms with van der Waals surface area (Å²) in [6, 6.07) is 20.7. The van der Waals surface area contributed by atoms with E-state index in [4.69, 9.17) is 4.74 Å². The van der Waals surface area contributed by atoms with Crippen molar-refractivity contribution in [3.63, 3.8) is 0 Å². The van der Waals surface area contributed by atoms with E-state index in [9.17, 15) is 18.3 Å². The largest absolute Gasteiger partial charge is 0.494 e. The molecule has 42 heavy (non-hydrogen) atoms. The van der Waals surface area contributed by atoms with Crippen LogP contribution >= 0.6 is 23.1 Å². The lowest BCUT2D eigenvalue weighted by Crippen LogP contribution is -2.42. The summed E-state index contributed by atoms with van der Waals surface area (Å²) >= 11 is 3.16. The zero-order chi connectivity index (χ0) is 29.8. The average molecular weight is 627 g/mol. The van der Waals surface area contributed by atoms with E-state index >= 15 is 0 Å². The molecular formula is C32H38N2O5S3. The van der Waals surface area contributed by atoms with Crippen molar-refractivity contribution in [3.05, 3.63) is 83.9 Å². The van der Waals surface area contributed by atoms with Crippen molar-refractivity contribution < 1.29 is 23.1 Å². The molecule has 1 aromatic heterocycles. The standard InChI is InChI=1S/C32H38N2O5S3/c1-2-3-4-5-9-21-40-32-33-28-19-18-27(23-30(28)41-32)42(37,38)34-29(31(35)36)22-25-14-16-26(17-15-25)39-20-10-13-24-11-7-6-8-12-24/h6-8,11-12,14-19,23,29,34H,2-5,9-10,13,20-22H2,1H3,(H,35,36)/t29-/m1/s1. The van der Waals surface area contributed by atoms with Gasteiger partial charge in [-0.25, -0.2) is 13.4 Å². The van der Waals surface area contributed by atoms with Crippen LogP contribution in [0.2, 0.25) is 0 Å². The van der Waals surface area contributed by atoms with Gasteiger partial charge in [-0.05, 0) is 67.1 Å². The molecule has 0 spiro atoms. The highest BCUT2D eigenvalue weighted by molar-refractivity contribution is 8.01. The third-order valence-corrected chi connectivity index (χ3v) is 10.5. The Bertz CT molecular complexity index is 1520. The van der Waals surface area contributed by atoms with Gasteiger partial charge in [-0.2, -0.15) is 4.72 Å². The summed E-state index contributed by atoms with van der Waals surface area (Å²) in [6.45, 7) is 2.76. The second-order valence-electron chi connectivity index (χ2n) is 10.2. The van der Waals surface area contributed by atoms with E-state index in [1.807, 2.05) is 18.2 Å². The van der Waals surface area contributed by atoms with Gasteiger partial charge in [-0.3, -0.25) is 4.79 Å². The fourth-order valence-electron chi connectivity index (χ4n) is 4.48. The molecule has 4 aromatic rings. The van der Waals surface area contributed by atoms with Crippen LogP contribution in [0.4, 0.5) is 0 Å². The molecule has 3 aromatic carbocycles. The van der Waals surface area contributed by atoms with Crippen molar-refractivity contribution in [2.45, 2.75) is 73.6 Å². The van der Waals surface area contributed by atoms with Crippen LogP contribution < -0.4 is 9.46 Å². The van der Waals surface area contributed by atoms with E-state index in [-0.39, 0.29) is 11.3 Å². The van der Waals surface area contributed by atoms with Crippen LogP contribution in [0.1, 0.15) is 56.6 Å². The number of ether oxygens (including phenoxy) is 1. The van der Waals surface area contributed by atoms with Crippen LogP contribution in [0.15, 0.2) is 82.0 Å². The first-order valence-corrected chi connectivity index (χ1v) is 17.7. The number of nitrogens with zero attached hydrogens (tertiary/aromatic N) is 1. The minimum Gasteiger partial charge on any atom is -0.494 e. The lowest BCUT2D eigenvalue weighted by Gasteiger charge is -2.15. The number of carbonyl (C=O) groups is 1. The van der Waals surface area contributed by atoms with Gasteiger partial charge >= 0.3 is 5.97 Å². The number of nitrogens with one attached hydrogen (secondary N) is 1. The van der Waals surface area contributed by atoms with Gasteiger partial charge in [0, 0.05) is 5.75 Å². The molecule has 10 heteroatoms. The molecule has 1 heterocycles. The second-order valence-corrected chi connectivity index (χ2v) is 14.3. The predicted octanol–water partition coefficient (Wildman–Crippen LogP) is 7.34. The Labute approximate surface area is 256 Å². The Morgan fingerprint density at radius 1 is 0.976 bits per heavy atom. The number of rotatable bonds is 18. The molecule has 0 fully saturated rings. The lowest BCUT2D eigenvalue weighted by molar-refractivity contribution is -0.138. The van der Waals surface area contributed by atoms with Crippen LogP contribution in [0.25, 0.3) is 10.2 Å². The fraction of sp³-hybridized carbons (Fsp3) is 0.375. The maximum absolute atomic E-state index is 13.2. The molecule has 0 radical (unpaired) electrons. The predicted molar refractivity (Wildman–Crippen MR) is 171 cm³/mol. The summed E-state index contributed by atoms with van der Waals surface area (Å²) in [5, 5.41) is 9.80. The van der Waals surface area contributed by atoms with E-state index < -0.39 is 22.0 Å². The number of hydrogen-bond donors (Lipinski definition) is 2. The van der Waals surface area contributed by atoms with E-state index in [1.165, 1.54) is 48.6 Å². The van der Waals surface area contributed by atoms with Crippen LogP contribution in [0.5, 0.6) is 5.75 Å². The van der Waals surface area contributed by atoms with Crippen molar-refractivity contribution in [2.24, 2.45) is 0 Å². The zero-order valence-corrected chi connectivity index (χ0v) is 26.3. The van der Waals surface area contributed by atoms with E-state index in [0.717, 1.165) is 39.6 Å². The molecule has 0 bridgehead atoms. The molecule has 0 saturated carbocycles. The van der Waals surface area contributed by atoms with Crippen molar-refractivity contribution in [2.75, 3.05) is 12.4 Å². The average Bonchev–Trinajstić information content (AvgIpc) is 3.40. The number of aromatic nitrogens is 1. The lowest BCUT2D eigenvalue weighted by atomic mass is 10.1. The Kier molecular flexibility index (Phi) is 12.2. The van der Waals surface area contributed by atoms with Gasteiger partial charge in [-0.1, -0.05) is 86.8 Å². The summed E-state index contributed by atoms with van der Waals surface area (Å²) in [6.07, 6.45) is 7.87. The summed E-state index contributed by atoms with van der Waals surface area (Å²) in [4.78, 5) is 16.7. The summed E-state index contributed by atoms with van der Waals surface area (Å²) < 4.78 is 36.2. The molecule has 224 valence electrons. The number of fused-ring (bicyclic) bond motifs is 1. The molecule has 0 unspecified atom stereocenters. The Morgan fingerprint density at radius 3 is 2.48 bits per heavy atom. The van der Waals surface area contributed by atoms with Crippen LogP contribution in [-0.4, -0.2) is 42.9 Å². The summed E-state index contributed by atoms with van der Waals surface area (Å²) in [7, 11) is -4.07. The van der Waals surface area contributed by atoms with Gasteiger partial charge in [0.25, 0.3) is 0 Å². The highest BCUT2D eigenvalue weighted by atomic mass is 32.2. The summed E-state index contributed by atoms with van der Waals surface area (Å²) in [5.74, 6) is 0.431. The number of thioether (sulfide) groups is 1. The first-order chi connectivity index (χ1) is 20.3. The molecule has 0 aliphatic heterocycles. The van der Waals surface area contributed by atoms with Gasteiger partial charge in [0.15, 0.2) is 4.34 Å². The molecule has 2 N–H and O–H groups in total. The van der Waals surface area contributed by atoms with E-state index in [1.54, 1.807) is 48.2 Å². The van der Waals surface area contributed by atoms with Gasteiger partial charge in [0.05, 0.1) is 21.7 Å². The number of sulfonamides is 1. The second kappa shape index (κ2) is 16.1. The van der Waals surface area contributed by atoms with Crippen LogP contribution in [0, 0.1) is 0 Å². The van der Waals surface area contributed by atoms with Gasteiger partial charge < -0.3 is 9.84 Å². The number of benzene rings is 3. The highest BCUT2D eigenvalue weighted by Gasteiger charge is 2.26. The van der Waals surface area contributed by atoms with Gasteiger partial charge in [-0.15, -0.1) is 11.3 Å². The zero-order valence-electron chi connectivity index (χ0n) is 23.8. The minimum absolute atomic E-state index is 0.00466. The number of carboxylic acid groups (broad SMARTS) is 1. The van der Waals surface area contributed by atoms with Crippen molar-refractivity contribution >= 4 is 49.3 Å². The maximum atomic E-state index is 13.2. The molecule has 4 rings (SSSR count). The molecular weight excluding hydrogens is 589 g/mol.